The van der Waals surface area contributed by atoms with Crippen molar-refractivity contribution in [3.8, 4) is 0 Å². The largest absolute Gasteiger partial charge is 0.479 e. The summed E-state index contributed by atoms with van der Waals surface area (Å²) in [6.07, 6.45) is 1.25. The number of hydrogen-bond acceptors (Lipinski definition) is 6. The van der Waals surface area contributed by atoms with Crippen LogP contribution in [0.4, 0.5) is 0 Å². The maximum atomic E-state index is 13.2. The molecule has 0 aliphatic carbocycles. The second-order valence-electron chi connectivity index (χ2n) is 7.73. The predicted molar refractivity (Wildman–Crippen MR) is 115 cm³/mol. The van der Waals surface area contributed by atoms with Gasteiger partial charge in [-0.2, -0.15) is 0 Å². The van der Waals surface area contributed by atoms with Gasteiger partial charge < -0.3 is 25.8 Å². The maximum Gasteiger partial charge on any atom is 0.351 e. The average molecular weight is 456 g/mol. The van der Waals surface area contributed by atoms with Gasteiger partial charge in [0, 0.05) is 19.6 Å². The van der Waals surface area contributed by atoms with E-state index < -0.39 is 25.5 Å². The van der Waals surface area contributed by atoms with Crippen molar-refractivity contribution in [1.82, 2.24) is 5.32 Å². The van der Waals surface area contributed by atoms with Crippen LogP contribution in [-0.4, -0.2) is 53.5 Å². The number of nitrogens with one attached hydrogen (secondary N) is 1. The molecule has 174 valence electrons. The van der Waals surface area contributed by atoms with E-state index in [2.05, 4.69) is 5.32 Å². The number of nitrogens with two attached hydrogens (primary N) is 1. The molecule has 5 N–H and O–H groups in total. The Morgan fingerprint density at radius 1 is 1.23 bits per heavy atom. The van der Waals surface area contributed by atoms with Gasteiger partial charge in [0.15, 0.2) is 6.10 Å². The Morgan fingerprint density at radius 3 is 2.52 bits per heavy atom. The van der Waals surface area contributed by atoms with Crippen LogP contribution in [0.15, 0.2) is 30.3 Å². The van der Waals surface area contributed by atoms with Crippen LogP contribution in [0.2, 0.25) is 0 Å². The van der Waals surface area contributed by atoms with Gasteiger partial charge in [-0.15, -0.1) is 0 Å². The second-order valence-corrected chi connectivity index (χ2v) is 9.62. The van der Waals surface area contributed by atoms with Crippen molar-refractivity contribution in [2.45, 2.75) is 56.8 Å². The summed E-state index contributed by atoms with van der Waals surface area (Å²) in [6.45, 7) is 1.20. The quantitative estimate of drug-likeness (QED) is 0.261. The normalized spacial score (nSPS) is 18.6. The molecule has 1 aromatic rings. The molecule has 2 rings (SSSR count). The lowest BCUT2D eigenvalue weighted by molar-refractivity contribution is -0.145. The third-order valence-electron chi connectivity index (χ3n) is 5.33. The number of carbonyl (C=O) groups excluding carboxylic acids is 1. The van der Waals surface area contributed by atoms with Gasteiger partial charge in [-0.25, -0.2) is 4.79 Å². The fourth-order valence-electron chi connectivity index (χ4n) is 3.58. The van der Waals surface area contributed by atoms with Crippen LogP contribution in [-0.2, 0) is 29.8 Å². The van der Waals surface area contributed by atoms with E-state index in [1.54, 1.807) is 0 Å². The van der Waals surface area contributed by atoms with Gasteiger partial charge in [-0.1, -0.05) is 30.3 Å². The summed E-state index contributed by atoms with van der Waals surface area (Å²) in [7, 11) is -4.48. The number of hydrogen-bond donors (Lipinski definition) is 4. The third kappa shape index (κ3) is 8.71. The zero-order chi connectivity index (χ0) is 22.7. The standard InChI is InChI=1S/C21H33N2O7P/c22-13-5-4-8-18(21(25)26)30-31(27,28)20(17-11-14-29-15-12-17)23-19(24)10-9-16-6-2-1-3-7-16/h1-3,6-7,17-18,20H,4-5,8-15,22H2,(H,23,24)(H,25,26)(H,27,28)/t18-,20?/m1/s1. The van der Waals surface area contributed by atoms with E-state index in [1.165, 1.54) is 0 Å². The van der Waals surface area contributed by atoms with Crippen LogP contribution in [0.25, 0.3) is 0 Å². The Morgan fingerprint density at radius 2 is 1.90 bits per heavy atom. The number of aryl methyl sites for hydroxylation is 1. The second kappa shape index (κ2) is 12.9. The molecule has 0 bridgehead atoms. The van der Waals surface area contributed by atoms with Crippen LogP contribution in [0.5, 0.6) is 0 Å². The molecule has 1 saturated heterocycles. The molecular formula is C21H33N2O7P. The minimum Gasteiger partial charge on any atom is -0.479 e. The van der Waals surface area contributed by atoms with E-state index in [4.69, 9.17) is 15.0 Å². The van der Waals surface area contributed by atoms with Crippen molar-refractivity contribution >= 4 is 19.5 Å². The predicted octanol–water partition coefficient (Wildman–Crippen LogP) is 2.27. The highest BCUT2D eigenvalue weighted by Crippen LogP contribution is 2.52. The summed E-state index contributed by atoms with van der Waals surface area (Å²) in [4.78, 5) is 34.9. The van der Waals surface area contributed by atoms with Gasteiger partial charge in [0.1, 0.15) is 5.78 Å². The van der Waals surface area contributed by atoms with Crippen LogP contribution < -0.4 is 11.1 Å². The van der Waals surface area contributed by atoms with Gasteiger partial charge in [-0.05, 0) is 56.6 Å². The Kier molecular flexibility index (Phi) is 10.6. The van der Waals surface area contributed by atoms with E-state index in [-0.39, 0.29) is 24.7 Å². The van der Waals surface area contributed by atoms with E-state index >= 15 is 0 Å². The molecule has 1 aliphatic rings. The molecule has 1 aromatic carbocycles. The molecule has 0 spiro atoms. The molecule has 0 aromatic heterocycles. The summed E-state index contributed by atoms with van der Waals surface area (Å²) < 4.78 is 23.7. The number of carboxylic acids is 1. The van der Waals surface area contributed by atoms with E-state index in [1.807, 2.05) is 30.3 Å². The minimum atomic E-state index is -4.48. The summed E-state index contributed by atoms with van der Waals surface area (Å²) in [5, 5.41) is 12.1. The first-order valence-corrected chi connectivity index (χ1v) is 12.3. The van der Waals surface area contributed by atoms with Crippen molar-refractivity contribution in [3.05, 3.63) is 35.9 Å². The SMILES string of the molecule is NCCCC[C@@H](OP(=O)(O)C(NC(=O)CCc1ccccc1)C1CCOCC1)C(=O)O. The molecule has 31 heavy (non-hydrogen) atoms. The molecule has 1 amide bonds. The molecule has 10 heteroatoms. The Bertz CT molecular complexity index is 741. The number of unbranched alkanes of at least 4 members (excludes halogenated alkanes) is 1. The summed E-state index contributed by atoms with van der Waals surface area (Å²) in [6, 6.07) is 9.45. The molecule has 1 aliphatic heterocycles. The monoisotopic (exact) mass is 456 g/mol. The van der Waals surface area contributed by atoms with Crippen molar-refractivity contribution in [1.29, 1.82) is 0 Å². The Hall–Kier alpha value is -1.77. The molecule has 0 saturated carbocycles. The molecule has 1 fully saturated rings. The molecule has 9 nitrogen and oxygen atoms in total. The van der Waals surface area contributed by atoms with Gasteiger partial charge in [0.2, 0.25) is 5.91 Å². The highest BCUT2D eigenvalue weighted by molar-refractivity contribution is 7.53. The molecule has 2 unspecified atom stereocenters. The highest BCUT2D eigenvalue weighted by Gasteiger charge is 2.43. The van der Waals surface area contributed by atoms with Crippen LogP contribution in [0.1, 0.15) is 44.1 Å². The number of amides is 1. The molecule has 3 atom stereocenters. The fraction of sp³-hybridized carbons (Fsp3) is 0.619. The number of carbonyl (C=O) groups is 2. The lowest BCUT2D eigenvalue weighted by atomic mass is 10.00. The van der Waals surface area contributed by atoms with E-state index in [0.29, 0.717) is 51.9 Å². The number of benzene rings is 1. The zero-order valence-electron chi connectivity index (χ0n) is 17.7. The van der Waals surface area contributed by atoms with E-state index in [9.17, 15) is 24.2 Å². The van der Waals surface area contributed by atoms with E-state index in [0.717, 1.165) is 5.56 Å². The zero-order valence-corrected chi connectivity index (χ0v) is 18.5. The molecule has 0 radical (unpaired) electrons. The summed E-state index contributed by atoms with van der Waals surface area (Å²) in [5.41, 5.74) is 6.42. The van der Waals surface area contributed by atoms with Gasteiger partial charge in [0.25, 0.3) is 0 Å². The lowest BCUT2D eigenvalue weighted by Crippen LogP contribution is -2.43. The summed E-state index contributed by atoms with van der Waals surface area (Å²) >= 11 is 0. The average Bonchev–Trinajstić information content (AvgIpc) is 2.76. The van der Waals surface area contributed by atoms with Crippen LogP contribution in [0.3, 0.4) is 0 Å². The van der Waals surface area contributed by atoms with Crippen molar-refractivity contribution in [2.24, 2.45) is 11.7 Å². The number of aliphatic carboxylic acids is 1. The topological polar surface area (TPSA) is 148 Å². The van der Waals surface area contributed by atoms with Crippen molar-refractivity contribution in [2.75, 3.05) is 19.8 Å². The minimum absolute atomic E-state index is 0.0690. The van der Waals surface area contributed by atoms with Crippen molar-refractivity contribution < 1.29 is 33.4 Å². The third-order valence-corrected chi connectivity index (χ3v) is 7.14. The number of ether oxygens (including phenoxy) is 1. The smallest absolute Gasteiger partial charge is 0.351 e. The summed E-state index contributed by atoms with van der Waals surface area (Å²) in [5.74, 6) is -3.22. The van der Waals surface area contributed by atoms with Gasteiger partial charge in [-0.3, -0.25) is 13.9 Å². The maximum absolute atomic E-state index is 13.2. The first kappa shape index (κ1) is 25.5. The van der Waals surface area contributed by atoms with Crippen molar-refractivity contribution in [3.63, 3.8) is 0 Å². The first-order valence-electron chi connectivity index (χ1n) is 10.7. The molecular weight excluding hydrogens is 423 g/mol. The van der Waals surface area contributed by atoms with Crippen LogP contribution >= 0.6 is 7.60 Å². The Labute approximate surface area is 182 Å². The lowest BCUT2D eigenvalue weighted by Gasteiger charge is -2.34. The number of rotatable bonds is 13. The first-order chi connectivity index (χ1) is 14.8. The fourth-order valence-corrected chi connectivity index (χ4v) is 5.41. The van der Waals surface area contributed by atoms with Crippen LogP contribution in [0, 0.1) is 5.92 Å². The van der Waals surface area contributed by atoms with Gasteiger partial charge >= 0.3 is 13.6 Å². The molecule has 1 heterocycles. The number of carboxylic acid groups (broad SMARTS) is 1. The Balaban J connectivity index is 2.08. The highest BCUT2D eigenvalue weighted by atomic mass is 31.2. The van der Waals surface area contributed by atoms with Gasteiger partial charge in [0.05, 0.1) is 0 Å².